The molecular formula is C16H20N2O3. The molecule has 0 bridgehead atoms. The van der Waals surface area contributed by atoms with E-state index >= 15 is 0 Å². The van der Waals surface area contributed by atoms with Crippen molar-refractivity contribution in [2.45, 2.75) is 38.3 Å². The highest BCUT2D eigenvalue weighted by molar-refractivity contribution is 5.83. The second kappa shape index (κ2) is 5.76. The van der Waals surface area contributed by atoms with Gasteiger partial charge in [-0.15, -0.1) is 0 Å². The molecule has 1 atom stereocenters. The van der Waals surface area contributed by atoms with E-state index in [0.29, 0.717) is 19.0 Å². The van der Waals surface area contributed by atoms with Crippen molar-refractivity contribution in [1.29, 1.82) is 0 Å². The van der Waals surface area contributed by atoms with Gasteiger partial charge in [0.2, 0.25) is 5.91 Å². The van der Waals surface area contributed by atoms with Crippen LogP contribution in [0.25, 0.3) is 0 Å². The van der Waals surface area contributed by atoms with Crippen LogP contribution in [0.2, 0.25) is 0 Å². The van der Waals surface area contributed by atoms with E-state index in [1.54, 1.807) is 0 Å². The Labute approximate surface area is 124 Å². The van der Waals surface area contributed by atoms with Crippen LogP contribution < -0.4 is 10.1 Å². The number of ether oxygens (including phenoxy) is 1. The molecule has 0 aromatic heterocycles. The number of amides is 2. The maximum absolute atomic E-state index is 11.9. The predicted molar refractivity (Wildman–Crippen MR) is 78.0 cm³/mol. The van der Waals surface area contributed by atoms with Crippen molar-refractivity contribution < 1.29 is 14.3 Å². The van der Waals surface area contributed by atoms with Gasteiger partial charge >= 0.3 is 0 Å². The van der Waals surface area contributed by atoms with Crippen molar-refractivity contribution in [1.82, 2.24) is 10.2 Å². The number of benzene rings is 1. The Kier molecular flexibility index (Phi) is 3.82. The zero-order chi connectivity index (χ0) is 14.8. The molecule has 2 amide bonds. The highest BCUT2D eigenvalue weighted by Crippen LogP contribution is 2.30. The molecule has 21 heavy (non-hydrogen) atoms. The lowest BCUT2D eigenvalue weighted by Gasteiger charge is -2.16. The van der Waals surface area contributed by atoms with Gasteiger partial charge < -0.3 is 15.0 Å². The number of likely N-dealkylation sites (tertiary alicyclic amines) is 1. The van der Waals surface area contributed by atoms with Crippen LogP contribution in [0.5, 0.6) is 5.75 Å². The first kappa shape index (κ1) is 13.9. The zero-order valence-corrected chi connectivity index (χ0v) is 12.2. The lowest BCUT2D eigenvalue weighted by molar-refractivity contribution is -0.128. The largest absolute Gasteiger partial charge is 0.484 e. The van der Waals surface area contributed by atoms with Gasteiger partial charge in [0.15, 0.2) is 6.61 Å². The first-order valence-electron chi connectivity index (χ1n) is 7.41. The monoisotopic (exact) mass is 288 g/mol. The molecule has 1 aliphatic heterocycles. The number of hydrogen-bond acceptors (Lipinski definition) is 3. The van der Waals surface area contributed by atoms with Crippen molar-refractivity contribution in [3.05, 3.63) is 29.8 Å². The number of carbonyl (C=O) groups excluding carboxylic acids is 2. The Morgan fingerprint density at radius 2 is 2.14 bits per heavy atom. The molecule has 0 radical (unpaired) electrons. The Morgan fingerprint density at radius 1 is 1.38 bits per heavy atom. The standard InChI is InChI=1S/C16H20N2O3/c1-11-4-2-3-5-14(11)21-10-15(19)17-12-8-16(20)18(9-12)13-6-7-13/h2-5,12-13H,6-10H2,1H3,(H,17,19)/t12-/m1/s1. The Balaban J connectivity index is 1.46. The van der Waals surface area contributed by atoms with Crippen LogP contribution in [-0.2, 0) is 9.59 Å². The van der Waals surface area contributed by atoms with Gasteiger partial charge in [0.1, 0.15) is 5.75 Å². The molecule has 112 valence electrons. The predicted octanol–water partition coefficient (Wildman–Crippen LogP) is 1.25. The minimum Gasteiger partial charge on any atom is -0.484 e. The average Bonchev–Trinajstić information content (AvgIpc) is 3.23. The molecule has 1 heterocycles. The number of rotatable bonds is 5. The fraction of sp³-hybridized carbons (Fsp3) is 0.500. The summed E-state index contributed by atoms with van der Waals surface area (Å²) in [4.78, 5) is 25.6. The van der Waals surface area contributed by atoms with Crippen molar-refractivity contribution in [2.24, 2.45) is 0 Å². The highest BCUT2D eigenvalue weighted by atomic mass is 16.5. The molecule has 0 unspecified atom stereocenters. The summed E-state index contributed by atoms with van der Waals surface area (Å²) in [6, 6.07) is 7.93. The summed E-state index contributed by atoms with van der Waals surface area (Å²) in [5, 5.41) is 2.89. The third-order valence-corrected chi connectivity index (χ3v) is 3.96. The SMILES string of the molecule is Cc1ccccc1OCC(=O)N[C@@H]1CC(=O)N(C2CC2)C1. The fourth-order valence-electron chi connectivity index (χ4n) is 2.70. The minimum absolute atomic E-state index is 0.0149. The van der Waals surface area contributed by atoms with Gasteiger partial charge in [-0.1, -0.05) is 18.2 Å². The van der Waals surface area contributed by atoms with Crippen LogP contribution in [0.3, 0.4) is 0 Å². The fourth-order valence-corrected chi connectivity index (χ4v) is 2.70. The molecule has 1 saturated carbocycles. The minimum atomic E-state index is -0.172. The summed E-state index contributed by atoms with van der Waals surface area (Å²) in [6.45, 7) is 2.56. The number of nitrogens with one attached hydrogen (secondary N) is 1. The maximum Gasteiger partial charge on any atom is 0.258 e. The number of nitrogens with zero attached hydrogens (tertiary/aromatic N) is 1. The van der Waals surface area contributed by atoms with Crippen LogP contribution in [0, 0.1) is 6.92 Å². The first-order valence-corrected chi connectivity index (χ1v) is 7.41. The van der Waals surface area contributed by atoms with Crippen molar-refractivity contribution in [3.8, 4) is 5.75 Å². The van der Waals surface area contributed by atoms with Crippen molar-refractivity contribution in [2.75, 3.05) is 13.2 Å². The molecular weight excluding hydrogens is 268 g/mol. The quantitative estimate of drug-likeness (QED) is 0.887. The molecule has 1 saturated heterocycles. The van der Waals surface area contributed by atoms with Gasteiger partial charge in [0.25, 0.3) is 5.91 Å². The molecule has 5 nitrogen and oxygen atoms in total. The van der Waals surface area contributed by atoms with E-state index in [4.69, 9.17) is 4.74 Å². The zero-order valence-electron chi connectivity index (χ0n) is 12.2. The molecule has 1 N–H and O–H groups in total. The first-order chi connectivity index (χ1) is 10.1. The van der Waals surface area contributed by atoms with Gasteiger partial charge in [0, 0.05) is 19.0 Å². The second-order valence-corrected chi connectivity index (χ2v) is 5.80. The van der Waals surface area contributed by atoms with Crippen molar-refractivity contribution >= 4 is 11.8 Å². The molecule has 1 aliphatic carbocycles. The van der Waals surface area contributed by atoms with E-state index in [9.17, 15) is 9.59 Å². The Morgan fingerprint density at radius 3 is 2.86 bits per heavy atom. The average molecular weight is 288 g/mol. The number of hydrogen-bond donors (Lipinski definition) is 1. The van der Waals surface area contributed by atoms with Gasteiger partial charge in [-0.2, -0.15) is 0 Å². The number of aryl methyl sites for hydroxylation is 1. The smallest absolute Gasteiger partial charge is 0.258 e. The van der Waals surface area contributed by atoms with Gasteiger partial charge in [0.05, 0.1) is 6.04 Å². The summed E-state index contributed by atoms with van der Waals surface area (Å²) >= 11 is 0. The molecule has 5 heteroatoms. The molecule has 0 spiro atoms. The molecule has 1 aromatic carbocycles. The van der Waals surface area contributed by atoms with Gasteiger partial charge in [-0.3, -0.25) is 9.59 Å². The summed E-state index contributed by atoms with van der Waals surface area (Å²) in [7, 11) is 0. The van der Waals surface area contributed by atoms with E-state index < -0.39 is 0 Å². The van der Waals surface area contributed by atoms with Crippen LogP contribution in [-0.4, -0.2) is 41.9 Å². The summed E-state index contributed by atoms with van der Waals surface area (Å²) in [5.74, 6) is 0.700. The van der Waals surface area contributed by atoms with Crippen LogP contribution in [0.1, 0.15) is 24.8 Å². The van der Waals surface area contributed by atoms with Gasteiger partial charge in [-0.25, -0.2) is 0 Å². The van der Waals surface area contributed by atoms with E-state index in [1.165, 1.54) is 0 Å². The van der Waals surface area contributed by atoms with E-state index in [2.05, 4.69) is 5.32 Å². The topological polar surface area (TPSA) is 58.6 Å². The third-order valence-electron chi connectivity index (χ3n) is 3.96. The highest BCUT2D eigenvalue weighted by Gasteiger charge is 2.39. The molecule has 2 fully saturated rings. The number of carbonyl (C=O) groups is 2. The summed E-state index contributed by atoms with van der Waals surface area (Å²) < 4.78 is 5.51. The van der Waals surface area contributed by atoms with Gasteiger partial charge in [-0.05, 0) is 31.4 Å². The molecule has 1 aromatic rings. The van der Waals surface area contributed by atoms with Crippen LogP contribution in [0.15, 0.2) is 24.3 Å². The van der Waals surface area contributed by atoms with E-state index in [0.717, 1.165) is 24.2 Å². The number of para-hydroxylation sites is 1. The van der Waals surface area contributed by atoms with Crippen LogP contribution >= 0.6 is 0 Å². The Hall–Kier alpha value is -2.04. The lowest BCUT2D eigenvalue weighted by Crippen LogP contribution is -2.40. The van der Waals surface area contributed by atoms with Crippen LogP contribution in [0.4, 0.5) is 0 Å². The maximum atomic E-state index is 11.9. The van der Waals surface area contributed by atoms with Crippen molar-refractivity contribution in [3.63, 3.8) is 0 Å². The summed E-state index contributed by atoms with van der Waals surface area (Å²) in [6.07, 6.45) is 2.61. The molecule has 2 aliphatic rings. The van der Waals surface area contributed by atoms with E-state index in [-0.39, 0.29) is 24.5 Å². The second-order valence-electron chi connectivity index (χ2n) is 5.80. The normalized spacial score (nSPS) is 21.5. The summed E-state index contributed by atoms with van der Waals surface area (Å²) in [5.41, 5.74) is 1.00. The lowest BCUT2D eigenvalue weighted by atomic mass is 10.2. The van der Waals surface area contributed by atoms with E-state index in [1.807, 2.05) is 36.1 Å². The molecule has 3 rings (SSSR count). The Bertz CT molecular complexity index is 554. The third kappa shape index (κ3) is 3.35.